The van der Waals surface area contributed by atoms with Crippen LogP contribution in [0.2, 0.25) is 0 Å². The Bertz CT molecular complexity index is 658. The molecule has 3 N–H and O–H groups in total. The van der Waals surface area contributed by atoms with Crippen molar-refractivity contribution in [3.63, 3.8) is 0 Å². The molecular formula is C19H25N3O. The molecule has 0 bridgehead atoms. The Hall–Kier alpha value is -2.38. The molecule has 0 saturated carbocycles. The maximum absolute atomic E-state index is 8.92. The van der Waals surface area contributed by atoms with Crippen LogP contribution in [0, 0.1) is 11.3 Å². The molecule has 0 aromatic heterocycles. The van der Waals surface area contributed by atoms with Crippen molar-refractivity contribution in [2.24, 2.45) is 10.7 Å². The molecule has 1 aromatic carbocycles. The number of aliphatic hydroxyl groups is 1. The first kappa shape index (κ1) is 18.7. The van der Waals surface area contributed by atoms with Crippen molar-refractivity contribution in [3.05, 3.63) is 53.6 Å². The molecule has 0 atom stereocenters. The predicted molar refractivity (Wildman–Crippen MR) is 95.8 cm³/mol. The van der Waals surface area contributed by atoms with Crippen LogP contribution in [0.25, 0.3) is 5.70 Å². The molecule has 4 heteroatoms. The second-order valence-electron chi connectivity index (χ2n) is 6.45. The lowest BCUT2D eigenvalue weighted by Crippen LogP contribution is -2.11. The molecule has 0 heterocycles. The molecule has 0 spiro atoms. The standard InChI is InChI=1S/C19H25N3O/c1-14(7-6-10-23)11-17(22-18(21)13-20)15-8-5-9-16(12-15)19(2,3)4/h5,8-9,11-12,23H,1,6-7,10H2,2-4H3,(H2,21,22)/b17-11-. The summed E-state index contributed by atoms with van der Waals surface area (Å²) in [4.78, 5) is 4.21. The Morgan fingerprint density at radius 2 is 2.13 bits per heavy atom. The number of aliphatic hydroxyl groups excluding tert-OH is 1. The first-order valence-corrected chi connectivity index (χ1v) is 7.63. The summed E-state index contributed by atoms with van der Waals surface area (Å²) >= 11 is 0. The first-order valence-electron chi connectivity index (χ1n) is 7.63. The third-order valence-corrected chi connectivity index (χ3v) is 3.38. The largest absolute Gasteiger partial charge is 0.396 e. The van der Waals surface area contributed by atoms with Crippen LogP contribution in [0.3, 0.4) is 0 Å². The van der Waals surface area contributed by atoms with Gasteiger partial charge in [0.15, 0.2) is 0 Å². The molecule has 0 saturated heterocycles. The lowest BCUT2D eigenvalue weighted by Gasteiger charge is -2.20. The smallest absolute Gasteiger partial charge is 0.203 e. The van der Waals surface area contributed by atoms with Crippen LogP contribution in [-0.2, 0) is 5.41 Å². The van der Waals surface area contributed by atoms with E-state index in [0.29, 0.717) is 18.5 Å². The summed E-state index contributed by atoms with van der Waals surface area (Å²) < 4.78 is 0. The Kier molecular flexibility index (Phi) is 6.74. The molecule has 0 aliphatic carbocycles. The highest BCUT2D eigenvalue weighted by molar-refractivity contribution is 5.98. The second kappa shape index (κ2) is 8.30. The number of hydrogen-bond acceptors (Lipinski definition) is 3. The first-order chi connectivity index (χ1) is 10.8. The van der Waals surface area contributed by atoms with E-state index in [1.54, 1.807) is 0 Å². The van der Waals surface area contributed by atoms with Gasteiger partial charge in [-0.15, -0.1) is 0 Å². The molecular weight excluding hydrogens is 286 g/mol. The normalized spacial score (nSPS) is 12.8. The van der Waals surface area contributed by atoms with E-state index in [-0.39, 0.29) is 17.9 Å². The summed E-state index contributed by atoms with van der Waals surface area (Å²) in [5.74, 6) is -0.0904. The van der Waals surface area contributed by atoms with Gasteiger partial charge >= 0.3 is 0 Å². The van der Waals surface area contributed by atoms with Crippen LogP contribution in [0.5, 0.6) is 0 Å². The molecule has 122 valence electrons. The summed E-state index contributed by atoms with van der Waals surface area (Å²) in [7, 11) is 0. The number of rotatable bonds is 6. The van der Waals surface area contributed by atoms with Gasteiger partial charge in [-0.05, 0) is 36.0 Å². The fourth-order valence-corrected chi connectivity index (χ4v) is 2.05. The average molecular weight is 311 g/mol. The number of amidine groups is 1. The second-order valence-corrected chi connectivity index (χ2v) is 6.45. The molecule has 4 nitrogen and oxygen atoms in total. The van der Waals surface area contributed by atoms with E-state index in [1.165, 1.54) is 5.56 Å². The van der Waals surface area contributed by atoms with Crippen LogP contribution in [0.1, 0.15) is 44.7 Å². The molecule has 0 unspecified atom stereocenters. The minimum atomic E-state index is -0.0904. The Morgan fingerprint density at radius 3 is 2.70 bits per heavy atom. The van der Waals surface area contributed by atoms with Gasteiger partial charge < -0.3 is 10.8 Å². The molecule has 0 fully saturated rings. The van der Waals surface area contributed by atoms with Crippen LogP contribution < -0.4 is 5.73 Å². The van der Waals surface area contributed by atoms with E-state index in [4.69, 9.17) is 16.1 Å². The van der Waals surface area contributed by atoms with E-state index in [9.17, 15) is 0 Å². The Morgan fingerprint density at radius 1 is 1.43 bits per heavy atom. The van der Waals surface area contributed by atoms with Gasteiger partial charge in [-0.1, -0.05) is 51.1 Å². The number of benzene rings is 1. The third kappa shape index (κ3) is 6.09. The van der Waals surface area contributed by atoms with Gasteiger partial charge in [0, 0.05) is 12.2 Å². The maximum atomic E-state index is 8.92. The Labute approximate surface area is 138 Å². The fraction of sp³-hybridized carbons (Fsp3) is 0.368. The van der Waals surface area contributed by atoms with Gasteiger partial charge in [0.05, 0.1) is 5.70 Å². The highest BCUT2D eigenvalue weighted by atomic mass is 16.2. The van der Waals surface area contributed by atoms with Gasteiger partial charge in [0.25, 0.3) is 0 Å². The highest BCUT2D eigenvalue weighted by Gasteiger charge is 2.14. The van der Waals surface area contributed by atoms with Crippen LogP contribution in [0.4, 0.5) is 0 Å². The van der Waals surface area contributed by atoms with E-state index < -0.39 is 0 Å². The summed E-state index contributed by atoms with van der Waals surface area (Å²) in [6.45, 7) is 10.5. The van der Waals surface area contributed by atoms with Crippen LogP contribution >= 0.6 is 0 Å². The predicted octanol–water partition coefficient (Wildman–Crippen LogP) is 3.53. The minimum Gasteiger partial charge on any atom is -0.396 e. The lowest BCUT2D eigenvalue weighted by molar-refractivity contribution is 0.289. The van der Waals surface area contributed by atoms with Crippen LogP contribution in [-0.4, -0.2) is 17.5 Å². The SMILES string of the molecule is C=C(/C=C(\N=C(/N)C#N)c1cccc(C(C)(C)C)c1)CCCO. The van der Waals surface area contributed by atoms with Crippen molar-refractivity contribution in [2.45, 2.75) is 39.0 Å². The molecule has 0 radical (unpaired) electrons. The van der Waals surface area contributed by atoms with E-state index in [0.717, 1.165) is 11.1 Å². The molecule has 0 aliphatic heterocycles. The summed E-state index contributed by atoms with van der Waals surface area (Å²) in [5, 5.41) is 17.8. The zero-order valence-corrected chi connectivity index (χ0v) is 14.1. The Balaban J connectivity index is 3.28. The topological polar surface area (TPSA) is 82.4 Å². The monoisotopic (exact) mass is 311 g/mol. The van der Waals surface area contributed by atoms with Crippen molar-refractivity contribution in [3.8, 4) is 6.07 Å². The molecule has 0 aliphatic rings. The van der Waals surface area contributed by atoms with Gasteiger partial charge in [-0.3, -0.25) is 0 Å². The van der Waals surface area contributed by atoms with Gasteiger partial charge in [-0.2, -0.15) is 5.26 Å². The van der Waals surface area contributed by atoms with Crippen molar-refractivity contribution in [1.29, 1.82) is 5.26 Å². The number of hydrogen-bond donors (Lipinski definition) is 2. The number of nitrogens with zero attached hydrogens (tertiary/aromatic N) is 2. The third-order valence-electron chi connectivity index (χ3n) is 3.38. The van der Waals surface area contributed by atoms with E-state index >= 15 is 0 Å². The maximum Gasteiger partial charge on any atom is 0.203 e. The number of nitriles is 1. The molecule has 0 amide bonds. The number of aliphatic imine (C=N–C) groups is 1. The van der Waals surface area contributed by atoms with Gasteiger partial charge in [0.1, 0.15) is 6.07 Å². The molecule has 1 rings (SSSR count). The quantitative estimate of drug-likeness (QED) is 0.479. The number of nitrogens with two attached hydrogens (primary N) is 1. The zero-order chi connectivity index (χ0) is 17.5. The summed E-state index contributed by atoms with van der Waals surface area (Å²) in [6, 6.07) is 9.88. The number of allylic oxidation sites excluding steroid dienone is 2. The van der Waals surface area contributed by atoms with Crippen molar-refractivity contribution < 1.29 is 5.11 Å². The van der Waals surface area contributed by atoms with E-state index in [2.05, 4.69) is 44.5 Å². The van der Waals surface area contributed by atoms with E-state index in [1.807, 2.05) is 24.3 Å². The molecule has 1 aromatic rings. The van der Waals surface area contributed by atoms with Crippen LogP contribution in [0.15, 0.2) is 47.5 Å². The lowest BCUT2D eigenvalue weighted by atomic mass is 9.86. The summed E-state index contributed by atoms with van der Waals surface area (Å²) in [6.07, 6.45) is 3.13. The zero-order valence-electron chi connectivity index (χ0n) is 14.1. The molecule has 23 heavy (non-hydrogen) atoms. The van der Waals surface area contributed by atoms with Crippen molar-refractivity contribution >= 4 is 11.5 Å². The minimum absolute atomic E-state index is 0.0134. The average Bonchev–Trinajstić information content (AvgIpc) is 2.51. The van der Waals surface area contributed by atoms with Gasteiger partial charge in [0.2, 0.25) is 5.84 Å². The highest BCUT2D eigenvalue weighted by Crippen LogP contribution is 2.27. The summed E-state index contributed by atoms with van der Waals surface area (Å²) in [5.41, 5.74) is 9.11. The van der Waals surface area contributed by atoms with Gasteiger partial charge in [-0.25, -0.2) is 4.99 Å². The fourth-order valence-electron chi connectivity index (χ4n) is 2.05. The van der Waals surface area contributed by atoms with Crippen molar-refractivity contribution in [2.75, 3.05) is 6.61 Å². The van der Waals surface area contributed by atoms with Crippen molar-refractivity contribution in [1.82, 2.24) is 0 Å².